The predicted octanol–water partition coefficient (Wildman–Crippen LogP) is 5.20. The Morgan fingerprint density at radius 3 is 2.29 bits per heavy atom. The van der Waals surface area contributed by atoms with Crippen LogP contribution in [0.3, 0.4) is 0 Å². The van der Waals surface area contributed by atoms with Crippen LogP contribution < -0.4 is 4.90 Å². The Balaban J connectivity index is 0.000000497. The van der Waals surface area contributed by atoms with E-state index in [0.29, 0.717) is 0 Å². The summed E-state index contributed by atoms with van der Waals surface area (Å²) in [7, 11) is 3.21. The maximum atomic E-state index is 2.31. The molecule has 0 amide bonds. The van der Waals surface area contributed by atoms with Gasteiger partial charge in [-0.15, -0.1) is 0 Å². The maximum absolute atomic E-state index is 2.31. The molecule has 2 radical (unpaired) electrons. The zero-order chi connectivity index (χ0) is 15.2. The van der Waals surface area contributed by atoms with Gasteiger partial charge >= 0.3 is 0 Å². The first-order chi connectivity index (χ1) is 10.2. The highest BCUT2D eigenvalue weighted by atomic mass is 28.2. The summed E-state index contributed by atoms with van der Waals surface area (Å²) in [5.74, 6) is 0. The lowest BCUT2D eigenvalue weighted by Crippen LogP contribution is -2.10. The second-order valence-corrected chi connectivity index (χ2v) is 6.41. The number of allylic oxidation sites excluding steroid dienone is 1. The molecule has 0 aliphatic heterocycles. The van der Waals surface area contributed by atoms with Crippen LogP contribution in [-0.4, -0.2) is 16.6 Å². The van der Waals surface area contributed by atoms with Crippen LogP contribution in [0.15, 0.2) is 54.1 Å². The van der Waals surface area contributed by atoms with Crippen LogP contribution in [0.1, 0.15) is 18.1 Å². The van der Waals surface area contributed by atoms with E-state index in [-0.39, 0.29) is 0 Å². The molecule has 0 heterocycles. The summed E-state index contributed by atoms with van der Waals surface area (Å²) >= 11 is 0. The van der Waals surface area contributed by atoms with E-state index >= 15 is 0 Å². The van der Waals surface area contributed by atoms with Gasteiger partial charge in [0.15, 0.2) is 0 Å². The van der Waals surface area contributed by atoms with Gasteiger partial charge in [0.1, 0.15) is 0 Å². The molecule has 0 saturated carbocycles. The summed E-state index contributed by atoms with van der Waals surface area (Å²) in [6.07, 6.45) is 3.40. The molecular weight excluding hydrogens is 270 g/mol. The van der Waals surface area contributed by atoms with E-state index in [4.69, 9.17) is 0 Å². The predicted molar refractivity (Wildman–Crippen MR) is 95.8 cm³/mol. The largest absolute Gasteiger partial charge is 0.344 e. The molecule has 2 heteroatoms. The van der Waals surface area contributed by atoms with E-state index in [1.54, 1.807) is 0 Å². The van der Waals surface area contributed by atoms with Crippen molar-refractivity contribution in [2.45, 2.75) is 26.4 Å². The van der Waals surface area contributed by atoms with Gasteiger partial charge in [-0.05, 0) is 37.1 Å². The van der Waals surface area contributed by atoms with Crippen molar-refractivity contribution in [2.75, 3.05) is 11.9 Å². The summed E-state index contributed by atoms with van der Waals surface area (Å²) in [4.78, 5) is 2.26. The van der Waals surface area contributed by atoms with Gasteiger partial charge in [0, 0.05) is 33.5 Å². The second-order valence-electron chi connectivity index (χ2n) is 5.41. The van der Waals surface area contributed by atoms with E-state index in [1.165, 1.54) is 28.1 Å². The lowest BCUT2D eigenvalue weighted by atomic mass is 10.1. The van der Waals surface area contributed by atoms with Crippen LogP contribution in [0, 0.1) is 0 Å². The molecule has 0 saturated heterocycles. The monoisotopic (exact) mass is 293 g/mol. The summed E-state index contributed by atoms with van der Waals surface area (Å²) in [5, 5.41) is 0. The summed E-state index contributed by atoms with van der Waals surface area (Å²) in [6.45, 7) is 6.51. The average molecular weight is 293 g/mol. The summed E-state index contributed by atoms with van der Waals surface area (Å²) in [6, 6.07) is 17.1. The second kappa shape index (κ2) is 7.28. The number of fused-ring (bicyclic) bond motifs is 1. The van der Waals surface area contributed by atoms with Crippen LogP contribution >= 0.6 is 0 Å². The van der Waals surface area contributed by atoms with Gasteiger partial charge in [-0.2, -0.15) is 0 Å². The normalized spacial score (nSPS) is 12.1. The van der Waals surface area contributed by atoms with Crippen LogP contribution in [0.5, 0.6) is 0 Å². The van der Waals surface area contributed by atoms with Gasteiger partial charge in [-0.1, -0.05) is 55.1 Å². The molecule has 0 atom stereocenters. The van der Waals surface area contributed by atoms with Crippen LogP contribution in [0.2, 0.25) is 13.1 Å². The third kappa shape index (κ3) is 3.64. The van der Waals surface area contributed by atoms with E-state index < -0.39 is 0 Å². The Morgan fingerprint density at radius 2 is 1.62 bits per heavy atom. The van der Waals surface area contributed by atoms with Crippen molar-refractivity contribution in [2.24, 2.45) is 0 Å². The van der Waals surface area contributed by atoms with E-state index in [1.807, 2.05) is 0 Å². The molecule has 2 aromatic carbocycles. The van der Waals surface area contributed by atoms with Crippen LogP contribution in [-0.2, 0) is 6.42 Å². The first kappa shape index (κ1) is 15.6. The Bertz CT molecular complexity index is 617. The Kier molecular flexibility index (Phi) is 5.40. The van der Waals surface area contributed by atoms with Gasteiger partial charge in [0.05, 0.1) is 0 Å². The number of nitrogens with zero attached hydrogens (tertiary/aromatic N) is 1. The summed E-state index contributed by atoms with van der Waals surface area (Å²) in [5.41, 5.74) is 6.77. The molecule has 0 spiro atoms. The molecule has 2 aromatic rings. The fraction of sp³-hybridized carbons (Fsp3) is 0.263. The number of hydrogen-bond acceptors (Lipinski definition) is 1. The third-order valence-corrected chi connectivity index (χ3v) is 3.54. The molecular formula is C19H23NSi. The molecule has 1 aliphatic rings. The lowest BCUT2D eigenvalue weighted by molar-refractivity contribution is 1.17. The van der Waals surface area contributed by atoms with E-state index in [0.717, 1.165) is 15.9 Å². The quantitative estimate of drug-likeness (QED) is 0.688. The minimum atomic E-state index is 1.08. The van der Waals surface area contributed by atoms with Gasteiger partial charge in [-0.3, -0.25) is 0 Å². The van der Waals surface area contributed by atoms with E-state index in [2.05, 4.69) is 86.6 Å². The number of anilines is 2. The molecule has 0 unspecified atom stereocenters. The summed E-state index contributed by atoms with van der Waals surface area (Å²) < 4.78 is 0. The van der Waals surface area contributed by atoms with Crippen molar-refractivity contribution in [1.29, 1.82) is 0 Å². The average Bonchev–Trinajstić information content (AvgIpc) is 2.88. The van der Waals surface area contributed by atoms with Crippen molar-refractivity contribution in [3.63, 3.8) is 0 Å². The highest BCUT2D eigenvalue weighted by molar-refractivity contribution is 6.31. The molecule has 0 aromatic heterocycles. The van der Waals surface area contributed by atoms with Gasteiger partial charge in [-0.25, -0.2) is 0 Å². The van der Waals surface area contributed by atoms with Crippen molar-refractivity contribution in [1.82, 2.24) is 0 Å². The van der Waals surface area contributed by atoms with Crippen molar-refractivity contribution in [3.05, 3.63) is 65.2 Å². The Morgan fingerprint density at radius 1 is 0.952 bits per heavy atom. The zero-order valence-electron chi connectivity index (χ0n) is 13.4. The molecule has 0 N–H and O–H groups in total. The van der Waals surface area contributed by atoms with Gasteiger partial charge in [0.25, 0.3) is 0 Å². The maximum Gasteiger partial charge on any atom is 0.0484 e. The van der Waals surface area contributed by atoms with Crippen LogP contribution in [0.25, 0.3) is 6.08 Å². The minimum Gasteiger partial charge on any atom is -0.344 e. The molecule has 108 valence electrons. The van der Waals surface area contributed by atoms with Crippen molar-refractivity contribution in [3.8, 4) is 0 Å². The van der Waals surface area contributed by atoms with Crippen molar-refractivity contribution < 1.29 is 0 Å². The highest BCUT2D eigenvalue weighted by Crippen LogP contribution is 2.35. The minimum absolute atomic E-state index is 1.08. The lowest BCUT2D eigenvalue weighted by Gasteiger charge is -2.22. The first-order valence-electron chi connectivity index (χ1n) is 7.33. The Hall–Kier alpha value is -1.80. The zero-order valence-corrected chi connectivity index (χ0v) is 14.4. The third-order valence-electron chi connectivity index (χ3n) is 3.54. The van der Waals surface area contributed by atoms with Gasteiger partial charge in [0.2, 0.25) is 0 Å². The SMILES string of the molecule is CC1=Cc2c(cccc2N(C)c2ccccc2)C1.C[Si]C. The molecule has 0 bridgehead atoms. The van der Waals surface area contributed by atoms with Gasteiger partial charge < -0.3 is 4.90 Å². The molecule has 0 fully saturated rings. The number of benzene rings is 2. The smallest absolute Gasteiger partial charge is 0.0484 e. The molecule has 21 heavy (non-hydrogen) atoms. The van der Waals surface area contributed by atoms with E-state index in [9.17, 15) is 0 Å². The Labute approximate surface area is 131 Å². The molecule has 1 nitrogen and oxygen atoms in total. The number of hydrogen-bond donors (Lipinski definition) is 0. The molecule has 1 aliphatic carbocycles. The van der Waals surface area contributed by atoms with Crippen LogP contribution in [0.4, 0.5) is 11.4 Å². The topological polar surface area (TPSA) is 3.24 Å². The standard InChI is InChI=1S/C17H17N.C2H6Si/c1-13-11-14-7-6-10-17(16(14)12-13)18(2)15-8-4-3-5-9-15;1-3-2/h3-10,12H,11H2,1-2H3;1-2H3. The molecule has 3 rings (SSSR count). The highest BCUT2D eigenvalue weighted by Gasteiger charge is 2.15. The number of para-hydroxylation sites is 1. The fourth-order valence-corrected chi connectivity index (χ4v) is 2.60. The first-order valence-corrected chi connectivity index (χ1v) is 9.33. The van der Waals surface area contributed by atoms with Crippen molar-refractivity contribution >= 4 is 27.0 Å². The fourth-order valence-electron chi connectivity index (χ4n) is 2.60. The number of rotatable bonds is 2.